The van der Waals surface area contributed by atoms with Crippen LogP contribution in [0.5, 0.6) is 5.75 Å². The van der Waals surface area contributed by atoms with Gasteiger partial charge in [0.25, 0.3) is 0 Å². The average Bonchev–Trinajstić information content (AvgIpc) is 2.15. The molecule has 78 valence electrons. The minimum absolute atomic E-state index is 0.433. The van der Waals surface area contributed by atoms with Crippen molar-refractivity contribution in [2.75, 3.05) is 6.61 Å². The van der Waals surface area contributed by atoms with Crippen LogP contribution in [-0.4, -0.2) is 11.7 Å². The standard InChI is InChI=1S/C12H18O2/c1-9(2)8-14-12-6-4-5-11(7-12)10(3)13/h4-7,9-10,13H,8H2,1-3H3/t10-/m1/s1. The largest absolute Gasteiger partial charge is 0.493 e. The van der Waals surface area contributed by atoms with Crippen LogP contribution in [0, 0.1) is 5.92 Å². The highest BCUT2D eigenvalue weighted by molar-refractivity contribution is 5.29. The Morgan fingerprint density at radius 2 is 2.00 bits per heavy atom. The molecular weight excluding hydrogens is 176 g/mol. The SMILES string of the molecule is CC(C)COc1cccc([C@@H](C)O)c1. The quantitative estimate of drug-likeness (QED) is 0.798. The number of aliphatic hydroxyl groups is 1. The summed E-state index contributed by atoms with van der Waals surface area (Å²) in [7, 11) is 0. The second-order valence-electron chi connectivity index (χ2n) is 3.95. The summed E-state index contributed by atoms with van der Waals surface area (Å²) in [4.78, 5) is 0. The minimum Gasteiger partial charge on any atom is -0.493 e. The van der Waals surface area contributed by atoms with Gasteiger partial charge in [0, 0.05) is 0 Å². The number of benzene rings is 1. The molecule has 1 aromatic carbocycles. The van der Waals surface area contributed by atoms with E-state index in [1.54, 1.807) is 6.92 Å². The van der Waals surface area contributed by atoms with Crippen LogP contribution < -0.4 is 4.74 Å². The molecule has 0 saturated heterocycles. The molecule has 0 aromatic heterocycles. The maximum absolute atomic E-state index is 9.37. The van der Waals surface area contributed by atoms with E-state index < -0.39 is 6.10 Å². The third-order valence-electron chi connectivity index (χ3n) is 1.92. The lowest BCUT2D eigenvalue weighted by molar-refractivity contribution is 0.198. The number of rotatable bonds is 4. The summed E-state index contributed by atoms with van der Waals surface area (Å²) >= 11 is 0. The van der Waals surface area contributed by atoms with Gasteiger partial charge in [0.05, 0.1) is 12.7 Å². The molecule has 1 N–H and O–H groups in total. The first-order valence-corrected chi connectivity index (χ1v) is 5.00. The summed E-state index contributed by atoms with van der Waals surface area (Å²) in [5.41, 5.74) is 0.895. The van der Waals surface area contributed by atoms with Crippen molar-refractivity contribution in [1.82, 2.24) is 0 Å². The Hall–Kier alpha value is -1.02. The molecule has 14 heavy (non-hydrogen) atoms. The van der Waals surface area contributed by atoms with Gasteiger partial charge in [-0.05, 0) is 30.5 Å². The first-order valence-electron chi connectivity index (χ1n) is 5.00. The molecule has 0 radical (unpaired) electrons. The van der Waals surface area contributed by atoms with E-state index in [0.717, 1.165) is 11.3 Å². The van der Waals surface area contributed by atoms with Crippen LogP contribution in [0.15, 0.2) is 24.3 Å². The van der Waals surface area contributed by atoms with E-state index in [1.165, 1.54) is 0 Å². The summed E-state index contributed by atoms with van der Waals surface area (Å²) in [6.45, 7) is 6.68. The monoisotopic (exact) mass is 194 g/mol. The summed E-state index contributed by atoms with van der Waals surface area (Å²) in [5.74, 6) is 1.35. The van der Waals surface area contributed by atoms with Crippen molar-refractivity contribution in [3.8, 4) is 5.75 Å². The molecule has 0 aliphatic rings. The molecule has 0 fully saturated rings. The van der Waals surface area contributed by atoms with Crippen molar-refractivity contribution in [1.29, 1.82) is 0 Å². The van der Waals surface area contributed by atoms with Crippen LogP contribution in [0.4, 0.5) is 0 Å². The molecule has 0 amide bonds. The van der Waals surface area contributed by atoms with Crippen LogP contribution in [0.2, 0.25) is 0 Å². The van der Waals surface area contributed by atoms with Crippen molar-refractivity contribution in [3.05, 3.63) is 29.8 Å². The lowest BCUT2D eigenvalue weighted by Gasteiger charge is -2.10. The lowest BCUT2D eigenvalue weighted by Crippen LogP contribution is -2.04. The fourth-order valence-corrected chi connectivity index (χ4v) is 1.13. The van der Waals surface area contributed by atoms with Gasteiger partial charge in [-0.15, -0.1) is 0 Å². The van der Waals surface area contributed by atoms with Gasteiger partial charge in [-0.1, -0.05) is 26.0 Å². The van der Waals surface area contributed by atoms with Crippen LogP contribution in [0.25, 0.3) is 0 Å². The van der Waals surface area contributed by atoms with Gasteiger partial charge in [0.15, 0.2) is 0 Å². The predicted octanol–water partition coefficient (Wildman–Crippen LogP) is 2.77. The topological polar surface area (TPSA) is 29.5 Å². The van der Waals surface area contributed by atoms with Crippen molar-refractivity contribution < 1.29 is 9.84 Å². The molecule has 0 saturated carbocycles. The smallest absolute Gasteiger partial charge is 0.119 e. The highest BCUT2D eigenvalue weighted by Gasteiger charge is 2.02. The van der Waals surface area contributed by atoms with Crippen molar-refractivity contribution >= 4 is 0 Å². The maximum Gasteiger partial charge on any atom is 0.119 e. The van der Waals surface area contributed by atoms with Gasteiger partial charge in [-0.25, -0.2) is 0 Å². The maximum atomic E-state index is 9.37. The molecule has 0 spiro atoms. The fourth-order valence-electron chi connectivity index (χ4n) is 1.13. The van der Waals surface area contributed by atoms with Crippen LogP contribution in [0.3, 0.4) is 0 Å². The molecule has 2 nitrogen and oxygen atoms in total. The minimum atomic E-state index is -0.433. The second kappa shape index (κ2) is 5.01. The Labute approximate surface area is 85.5 Å². The number of hydrogen-bond donors (Lipinski definition) is 1. The Morgan fingerprint density at radius 1 is 1.29 bits per heavy atom. The Bertz CT molecular complexity index is 279. The van der Waals surface area contributed by atoms with Gasteiger partial charge in [0.1, 0.15) is 5.75 Å². The zero-order chi connectivity index (χ0) is 10.6. The van der Waals surface area contributed by atoms with E-state index in [0.29, 0.717) is 12.5 Å². The van der Waals surface area contributed by atoms with E-state index in [9.17, 15) is 5.11 Å². The summed E-state index contributed by atoms with van der Waals surface area (Å²) < 4.78 is 5.55. The van der Waals surface area contributed by atoms with Crippen LogP contribution >= 0.6 is 0 Å². The lowest BCUT2D eigenvalue weighted by atomic mass is 10.1. The van der Waals surface area contributed by atoms with E-state index in [4.69, 9.17) is 4.74 Å². The number of aliphatic hydroxyl groups excluding tert-OH is 1. The van der Waals surface area contributed by atoms with E-state index in [2.05, 4.69) is 13.8 Å². The molecule has 0 aliphatic carbocycles. The zero-order valence-corrected chi connectivity index (χ0v) is 9.03. The predicted molar refractivity (Wildman–Crippen MR) is 57.4 cm³/mol. The van der Waals surface area contributed by atoms with Gasteiger partial charge >= 0.3 is 0 Å². The third kappa shape index (κ3) is 3.38. The first kappa shape index (κ1) is 11.1. The molecule has 1 atom stereocenters. The summed E-state index contributed by atoms with van der Waals surface area (Å²) in [5, 5.41) is 9.37. The van der Waals surface area contributed by atoms with Gasteiger partial charge in [-0.2, -0.15) is 0 Å². The van der Waals surface area contributed by atoms with Crippen LogP contribution in [0.1, 0.15) is 32.4 Å². The molecule has 1 rings (SSSR count). The summed E-state index contributed by atoms with van der Waals surface area (Å²) in [6.07, 6.45) is -0.433. The molecule has 0 aliphatic heterocycles. The van der Waals surface area contributed by atoms with Gasteiger partial charge in [-0.3, -0.25) is 0 Å². The highest BCUT2D eigenvalue weighted by atomic mass is 16.5. The Morgan fingerprint density at radius 3 is 2.57 bits per heavy atom. The van der Waals surface area contributed by atoms with Crippen molar-refractivity contribution in [2.45, 2.75) is 26.9 Å². The third-order valence-corrected chi connectivity index (χ3v) is 1.92. The molecule has 0 bridgehead atoms. The van der Waals surface area contributed by atoms with Crippen molar-refractivity contribution in [2.24, 2.45) is 5.92 Å². The highest BCUT2D eigenvalue weighted by Crippen LogP contribution is 2.19. The average molecular weight is 194 g/mol. The zero-order valence-electron chi connectivity index (χ0n) is 9.03. The van der Waals surface area contributed by atoms with Crippen molar-refractivity contribution in [3.63, 3.8) is 0 Å². The van der Waals surface area contributed by atoms with E-state index >= 15 is 0 Å². The normalized spacial score (nSPS) is 12.9. The Balaban J connectivity index is 2.64. The molecule has 1 aromatic rings. The number of hydrogen-bond acceptors (Lipinski definition) is 2. The van der Waals surface area contributed by atoms with E-state index in [1.807, 2.05) is 24.3 Å². The molecular formula is C12H18O2. The molecule has 0 unspecified atom stereocenters. The van der Waals surface area contributed by atoms with E-state index in [-0.39, 0.29) is 0 Å². The second-order valence-corrected chi connectivity index (χ2v) is 3.95. The van der Waals surface area contributed by atoms with Crippen LogP contribution in [-0.2, 0) is 0 Å². The summed E-state index contributed by atoms with van der Waals surface area (Å²) in [6, 6.07) is 7.59. The molecule has 0 heterocycles. The Kier molecular flexibility index (Phi) is 3.96. The first-order chi connectivity index (χ1) is 6.59. The molecule has 2 heteroatoms. The van der Waals surface area contributed by atoms with Gasteiger partial charge in [0.2, 0.25) is 0 Å². The number of ether oxygens (including phenoxy) is 1. The van der Waals surface area contributed by atoms with Gasteiger partial charge < -0.3 is 9.84 Å². The fraction of sp³-hybridized carbons (Fsp3) is 0.500.